The zero-order valence-electron chi connectivity index (χ0n) is 10.3. The fraction of sp³-hybridized carbons (Fsp3) is 0.692. The van der Waals surface area contributed by atoms with Crippen molar-refractivity contribution in [3.05, 3.63) is 21.9 Å². The van der Waals surface area contributed by atoms with Crippen molar-refractivity contribution in [3.8, 4) is 0 Å². The second-order valence-corrected chi connectivity index (χ2v) is 5.94. The van der Waals surface area contributed by atoms with Crippen molar-refractivity contribution in [2.75, 3.05) is 19.6 Å². The molecular formula is C13H22N2S. The van der Waals surface area contributed by atoms with Gasteiger partial charge in [-0.3, -0.25) is 4.90 Å². The van der Waals surface area contributed by atoms with Gasteiger partial charge in [0.2, 0.25) is 0 Å². The molecule has 0 aromatic carbocycles. The smallest absolute Gasteiger partial charge is 0.0300 e. The number of likely N-dealkylation sites (N-methyl/N-ethyl adjacent to an activating group) is 1. The average molecular weight is 238 g/mol. The van der Waals surface area contributed by atoms with Crippen LogP contribution in [0.1, 0.15) is 29.5 Å². The number of nitrogens with one attached hydrogen (secondary N) is 1. The lowest BCUT2D eigenvalue weighted by Gasteiger charge is -2.22. The number of hydrogen-bond acceptors (Lipinski definition) is 3. The molecule has 16 heavy (non-hydrogen) atoms. The van der Waals surface area contributed by atoms with Crippen molar-refractivity contribution in [2.24, 2.45) is 0 Å². The van der Waals surface area contributed by atoms with E-state index in [4.69, 9.17) is 0 Å². The minimum absolute atomic E-state index is 0.769. The van der Waals surface area contributed by atoms with E-state index in [2.05, 4.69) is 36.2 Å². The second kappa shape index (κ2) is 5.80. The predicted octanol–water partition coefficient (Wildman–Crippen LogP) is 2.63. The highest BCUT2D eigenvalue weighted by molar-refractivity contribution is 7.11. The third kappa shape index (κ3) is 3.06. The van der Waals surface area contributed by atoms with Crippen molar-refractivity contribution in [3.63, 3.8) is 0 Å². The molecule has 1 N–H and O–H groups in total. The minimum atomic E-state index is 0.769. The van der Waals surface area contributed by atoms with Crippen LogP contribution in [-0.4, -0.2) is 30.6 Å². The summed E-state index contributed by atoms with van der Waals surface area (Å²) in [5.74, 6) is 0. The molecule has 0 bridgehead atoms. The Morgan fingerprint density at radius 2 is 2.38 bits per heavy atom. The van der Waals surface area contributed by atoms with Gasteiger partial charge in [-0.05, 0) is 45.0 Å². The molecule has 0 amide bonds. The molecular weight excluding hydrogens is 216 g/mol. The van der Waals surface area contributed by atoms with Gasteiger partial charge in [0.05, 0.1) is 0 Å². The Bertz CT molecular complexity index is 321. The summed E-state index contributed by atoms with van der Waals surface area (Å²) in [6.45, 7) is 9.10. The molecule has 2 heterocycles. The van der Waals surface area contributed by atoms with E-state index in [9.17, 15) is 0 Å². The molecule has 2 nitrogen and oxygen atoms in total. The zero-order valence-corrected chi connectivity index (χ0v) is 11.1. The van der Waals surface area contributed by atoms with E-state index in [1.54, 1.807) is 0 Å². The van der Waals surface area contributed by atoms with E-state index >= 15 is 0 Å². The Balaban J connectivity index is 1.71. The van der Waals surface area contributed by atoms with Crippen LogP contribution in [0, 0.1) is 6.92 Å². The van der Waals surface area contributed by atoms with Crippen LogP contribution in [0.2, 0.25) is 0 Å². The van der Waals surface area contributed by atoms with Gasteiger partial charge in [-0.15, -0.1) is 11.3 Å². The first-order valence-corrected chi connectivity index (χ1v) is 7.11. The van der Waals surface area contributed by atoms with Gasteiger partial charge < -0.3 is 5.32 Å². The number of nitrogens with zero attached hydrogens (tertiary/aromatic N) is 1. The topological polar surface area (TPSA) is 15.3 Å². The van der Waals surface area contributed by atoms with Crippen LogP contribution in [0.3, 0.4) is 0 Å². The number of thiophene rings is 1. The van der Waals surface area contributed by atoms with Gasteiger partial charge in [-0.2, -0.15) is 0 Å². The van der Waals surface area contributed by atoms with Gasteiger partial charge in [0.15, 0.2) is 0 Å². The monoisotopic (exact) mass is 238 g/mol. The van der Waals surface area contributed by atoms with Crippen LogP contribution in [0.4, 0.5) is 0 Å². The van der Waals surface area contributed by atoms with Gasteiger partial charge in [-0.25, -0.2) is 0 Å². The SMILES string of the molecule is CCN1CCC[C@H]1CNCc1ccc(C)s1. The molecule has 1 fully saturated rings. The predicted molar refractivity (Wildman–Crippen MR) is 71.0 cm³/mol. The van der Waals surface area contributed by atoms with Crippen LogP contribution >= 0.6 is 11.3 Å². The summed E-state index contributed by atoms with van der Waals surface area (Å²) in [6.07, 6.45) is 2.74. The van der Waals surface area contributed by atoms with Crippen LogP contribution in [-0.2, 0) is 6.54 Å². The highest BCUT2D eigenvalue weighted by Crippen LogP contribution is 2.17. The van der Waals surface area contributed by atoms with E-state index in [0.717, 1.165) is 19.1 Å². The van der Waals surface area contributed by atoms with Gasteiger partial charge in [0.25, 0.3) is 0 Å². The molecule has 0 unspecified atom stereocenters. The lowest BCUT2D eigenvalue weighted by atomic mass is 10.2. The number of aryl methyl sites for hydroxylation is 1. The van der Waals surface area contributed by atoms with E-state index in [-0.39, 0.29) is 0 Å². The summed E-state index contributed by atoms with van der Waals surface area (Å²) >= 11 is 1.90. The molecule has 1 atom stereocenters. The number of likely N-dealkylation sites (tertiary alicyclic amines) is 1. The maximum atomic E-state index is 3.59. The lowest BCUT2D eigenvalue weighted by Crippen LogP contribution is -2.37. The summed E-state index contributed by atoms with van der Waals surface area (Å²) in [4.78, 5) is 5.46. The van der Waals surface area contributed by atoms with Crippen molar-refractivity contribution in [1.29, 1.82) is 0 Å². The highest BCUT2D eigenvalue weighted by atomic mass is 32.1. The van der Waals surface area contributed by atoms with E-state index in [0.29, 0.717) is 0 Å². The standard InChI is InChI=1S/C13H22N2S/c1-3-15-8-4-5-12(15)9-14-10-13-7-6-11(2)16-13/h6-7,12,14H,3-5,8-10H2,1-2H3/t12-/m0/s1. The maximum absolute atomic E-state index is 3.59. The first-order chi connectivity index (χ1) is 7.79. The summed E-state index contributed by atoms with van der Waals surface area (Å²) in [7, 11) is 0. The summed E-state index contributed by atoms with van der Waals surface area (Å²) in [5, 5.41) is 3.59. The van der Waals surface area contributed by atoms with Crippen molar-refractivity contribution >= 4 is 11.3 Å². The molecule has 1 aromatic heterocycles. The molecule has 90 valence electrons. The largest absolute Gasteiger partial charge is 0.310 e. The molecule has 0 saturated carbocycles. The van der Waals surface area contributed by atoms with Crippen molar-refractivity contribution in [2.45, 2.75) is 39.3 Å². The van der Waals surface area contributed by atoms with Crippen LogP contribution < -0.4 is 5.32 Å². The molecule has 0 aliphatic carbocycles. The molecule has 1 aliphatic heterocycles. The first kappa shape index (κ1) is 12.1. The number of rotatable bonds is 5. The highest BCUT2D eigenvalue weighted by Gasteiger charge is 2.21. The van der Waals surface area contributed by atoms with Crippen molar-refractivity contribution in [1.82, 2.24) is 10.2 Å². The first-order valence-electron chi connectivity index (χ1n) is 6.29. The lowest BCUT2D eigenvalue weighted by molar-refractivity contribution is 0.260. The molecule has 0 spiro atoms. The summed E-state index contributed by atoms with van der Waals surface area (Å²) in [6, 6.07) is 5.21. The fourth-order valence-corrected chi connectivity index (χ4v) is 3.34. The third-order valence-corrected chi connectivity index (χ3v) is 4.38. The van der Waals surface area contributed by atoms with Gasteiger partial charge >= 0.3 is 0 Å². The maximum Gasteiger partial charge on any atom is 0.0300 e. The van der Waals surface area contributed by atoms with E-state index < -0.39 is 0 Å². The molecule has 2 rings (SSSR count). The Morgan fingerprint density at radius 1 is 1.50 bits per heavy atom. The summed E-state index contributed by atoms with van der Waals surface area (Å²) in [5.41, 5.74) is 0. The van der Waals surface area contributed by atoms with Crippen LogP contribution in [0.15, 0.2) is 12.1 Å². The van der Waals surface area contributed by atoms with Crippen LogP contribution in [0.25, 0.3) is 0 Å². The molecule has 3 heteroatoms. The Hall–Kier alpha value is -0.380. The Labute approximate surface area is 103 Å². The molecule has 1 aromatic rings. The van der Waals surface area contributed by atoms with Gasteiger partial charge in [0, 0.05) is 28.9 Å². The third-order valence-electron chi connectivity index (χ3n) is 3.38. The molecule has 1 aliphatic rings. The Morgan fingerprint density at radius 3 is 3.06 bits per heavy atom. The minimum Gasteiger partial charge on any atom is -0.310 e. The molecule has 1 saturated heterocycles. The van der Waals surface area contributed by atoms with Crippen molar-refractivity contribution < 1.29 is 0 Å². The fourth-order valence-electron chi connectivity index (χ4n) is 2.48. The van der Waals surface area contributed by atoms with Gasteiger partial charge in [0.1, 0.15) is 0 Å². The second-order valence-electron chi connectivity index (χ2n) is 4.57. The summed E-state index contributed by atoms with van der Waals surface area (Å²) < 4.78 is 0. The quantitative estimate of drug-likeness (QED) is 0.848. The van der Waals surface area contributed by atoms with Crippen LogP contribution in [0.5, 0.6) is 0 Å². The van der Waals surface area contributed by atoms with E-state index in [1.807, 2.05) is 11.3 Å². The molecule has 0 radical (unpaired) electrons. The average Bonchev–Trinajstić information content (AvgIpc) is 2.87. The normalized spacial score (nSPS) is 21.8. The zero-order chi connectivity index (χ0) is 11.4. The van der Waals surface area contributed by atoms with E-state index in [1.165, 1.54) is 35.7 Å². The number of hydrogen-bond donors (Lipinski definition) is 1. The van der Waals surface area contributed by atoms with Gasteiger partial charge in [-0.1, -0.05) is 6.92 Å². The Kier molecular flexibility index (Phi) is 4.38.